The smallest absolute Gasteiger partial charge is 0.309 e. The van der Waals surface area contributed by atoms with Gasteiger partial charge in [0.25, 0.3) is 0 Å². The number of nitrogens with zero attached hydrogens (tertiary/aromatic N) is 3. The average molecular weight is 521 g/mol. The Balaban J connectivity index is 0.000000434. The Kier molecular flexibility index (Phi) is 11.0. The quantitative estimate of drug-likeness (QED) is 0.281. The minimum absolute atomic E-state index is 0.0341. The molecule has 1 saturated heterocycles. The topological polar surface area (TPSA) is 119 Å². The van der Waals surface area contributed by atoms with E-state index in [9.17, 15) is 9.59 Å². The van der Waals surface area contributed by atoms with Gasteiger partial charge in [0, 0.05) is 6.20 Å². The Hall–Kier alpha value is -2.83. The maximum atomic E-state index is 12.2. The molecule has 2 aromatic rings. The molecule has 2 atom stereocenters. The number of terminal acetylenes is 1. The molecular formula is C26H37ClN4O5. The van der Waals surface area contributed by atoms with Gasteiger partial charge in [-0.2, -0.15) is 4.98 Å². The molecule has 0 spiro atoms. The fourth-order valence-corrected chi connectivity index (χ4v) is 4.33. The maximum absolute atomic E-state index is 12.2. The number of anilines is 1. The van der Waals surface area contributed by atoms with Gasteiger partial charge in [0.2, 0.25) is 5.28 Å². The van der Waals surface area contributed by atoms with E-state index < -0.39 is 5.60 Å². The second kappa shape index (κ2) is 13.5. The number of esters is 2. The van der Waals surface area contributed by atoms with E-state index in [1.807, 2.05) is 44.5 Å². The zero-order valence-corrected chi connectivity index (χ0v) is 22.5. The summed E-state index contributed by atoms with van der Waals surface area (Å²) in [5.74, 6) is 2.65. The third kappa shape index (κ3) is 6.89. The molecule has 0 aromatic carbocycles. The molecule has 1 fully saturated rings. The van der Waals surface area contributed by atoms with Gasteiger partial charge in [-0.25, -0.2) is 4.98 Å². The first kappa shape index (κ1) is 29.4. The standard InChI is InChI=1S/C19H23ClN4O3.C7H14O2/c1-4-12(5-2)17(25)26-11-19(6-3)9-7-14(27-19)24-10-8-13-15(21)22-18(20)23-16(13)24;1-4-6(5-2)7(8)9-3/h3,8,10,12,14H,4-5,7,9,11H2,1-2H3,(H2,21,22,23);6H,4-5H2,1-3H3. The molecular weight excluding hydrogens is 484 g/mol. The van der Waals surface area contributed by atoms with E-state index in [0.29, 0.717) is 29.7 Å². The van der Waals surface area contributed by atoms with E-state index in [0.717, 1.165) is 25.7 Å². The zero-order chi connectivity index (χ0) is 26.9. The van der Waals surface area contributed by atoms with Gasteiger partial charge in [0.15, 0.2) is 5.60 Å². The van der Waals surface area contributed by atoms with Gasteiger partial charge in [-0.1, -0.05) is 33.6 Å². The summed E-state index contributed by atoms with van der Waals surface area (Å²) in [6.07, 6.45) is 11.6. The Morgan fingerprint density at radius 2 is 1.83 bits per heavy atom. The van der Waals surface area contributed by atoms with Gasteiger partial charge >= 0.3 is 11.9 Å². The molecule has 2 aromatic heterocycles. The molecule has 10 heteroatoms. The summed E-state index contributed by atoms with van der Waals surface area (Å²) in [5.41, 5.74) is 5.53. The van der Waals surface area contributed by atoms with Crippen LogP contribution in [0.15, 0.2) is 12.3 Å². The van der Waals surface area contributed by atoms with Crippen molar-refractivity contribution < 1.29 is 23.8 Å². The first-order valence-corrected chi connectivity index (χ1v) is 12.8. The predicted octanol–water partition coefficient (Wildman–Crippen LogP) is 4.92. The van der Waals surface area contributed by atoms with Crippen molar-refractivity contribution in [3.63, 3.8) is 0 Å². The second-order valence-corrected chi connectivity index (χ2v) is 9.08. The van der Waals surface area contributed by atoms with Crippen LogP contribution >= 0.6 is 11.6 Å². The number of rotatable bonds is 9. The highest BCUT2D eigenvalue weighted by Gasteiger charge is 2.41. The molecule has 9 nitrogen and oxygen atoms in total. The molecule has 2 unspecified atom stereocenters. The number of nitrogen functional groups attached to an aromatic ring is 1. The molecule has 0 bridgehead atoms. The molecule has 3 rings (SSSR count). The first-order chi connectivity index (χ1) is 17.2. The van der Waals surface area contributed by atoms with Crippen LogP contribution < -0.4 is 5.73 Å². The highest BCUT2D eigenvalue weighted by atomic mass is 35.5. The van der Waals surface area contributed by atoms with Crippen molar-refractivity contribution in [3.05, 3.63) is 17.5 Å². The summed E-state index contributed by atoms with van der Waals surface area (Å²) in [5, 5.41) is 0.765. The van der Waals surface area contributed by atoms with Crippen molar-refractivity contribution in [2.45, 2.75) is 78.0 Å². The summed E-state index contributed by atoms with van der Waals surface area (Å²) in [6.45, 7) is 7.94. The molecule has 1 aliphatic heterocycles. The van der Waals surface area contributed by atoms with Gasteiger partial charge in [-0.3, -0.25) is 9.59 Å². The van der Waals surface area contributed by atoms with Crippen LogP contribution in [0.1, 0.15) is 72.4 Å². The number of carbonyl (C=O) groups is 2. The van der Waals surface area contributed by atoms with Gasteiger partial charge < -0.3 is 24.5 Å². The number of nitrogens with two attached hydrogens (primary N) is 1. The van der Waals surface area contributed by atoms with E-state index in [2.05, 4.69) is 20.6 Å². The molecule has 36 heavy (non-hydrogen) atoms. The summed E-state index contributed by atoms with van der Waals surface area (Å²) >= 11 is 5.94. The van der Waals surface area contributed by atoms with E-state index in [-0.39, 0.29) is 41.9 Å². The monoisotopic (exact) mass is 520 g/mol. The lowest BCUT2D eigenvalue weighted by Gasteiger charge is -2.25. The second-order valence-electron chi connectivity index (χ2n) is 8.75. The number of hydrogen-bond acceptors (Lipinski definition) is 8. The van der Waals surface area contributed by atoms with Crippen molar-refractivity contribution in [2.75, 3.05) is 19.5 Å². The summed E-state index contributed by atoms with van der Waals surface area (Å²) < 4.78 is 18.0. The van der Waals surface area contributed by atoms with Gasteiger partial charge in [0.05, 0.1) is 24.3 Å². The third-order valence-corrected chi connectivity index (χ3v) is 6.76. The summed E-state index contributed by atoms with van der Waals surface area (Å²) in [6, 6.07) is 1.81. The molecule has 198 valence electrons. The van der Waals surface area contributed by atoms with Gasteiger partial charge in [-0.05, 0) is 56.2 Å². The van der Waals surface area contributed by atoms with Crippen LogP contribution in [0, 0.1) is 24.2 Å². The van der Waals surface area contributed by atoms with Crippen molar-refractivity contribution in [2.24, 2.45) is 11.8 Å². The van der Waals surface area contributed by atoms with E-state index >= 15 is 0 Å². The largest absolute Gasteiger partial charge is 0.469 e. The third-order valence-electron chi connectivity index (χ3n) is 6.59. The van der Waals surface area contributed by atoms with Crippen molar-refractivity contribution in [1.82, 2.24) is 14.5 Å². The predicted molar refractivity (Wildman–Crippen MR) is 139 cm³/mol. The van der Waals surface area contributed by atoms with Gasteiger partial charge in [0.1, 0.15) is 24.3 Å². The fourth-order valence-electron chi connectivity index (χ4n) is 4.16. The Morgan fingerprint density at radius 1 is 1.22 bits per heavy atom. The SMILES string of the molecule is C#CC1(COC(=O)C(CC)CC)CCC(n2ccc3c(N)nc(Cl)nc32)O1.CCC(CC)C(=O)OC. The molecule has 0 saturated carbocycles. The maximum Gasteiger partial charge on any atom is 0.309 e. The molecule has 1 aliphatic rings. The van der Waals surface area contributed by atoms with Crippen LogP contribution in [0.25, 0.3) is 11.0 Å². The van der Waals surface area contributed by atoms with Crippen LogP contribution in [0.2, 0.25) is 5.28 Å². The fraction of sp³-hybridized carbons (Fsp3) is 0.615. The Morgan fingerprint density at radius 3 is 2.36 bits per heavy atom. The lowest BCUT2D eigenvalue weighted by atomic mass is 10.0. The van der Waals surface area contributed by atoms with Gasteiger partial charge in [-0.15, -0.1) is 6.42 Å². The van der Waals surface area contributed by atoms with Crippen LogP contribution in [-0.4, -0.2) is 45.8 Å². The number of fused-ring (bicyclic) bond motifs is 1. The minimum atomic E-state index is -0.953. The highest BCUT2D eigenvalue weighted by molar-refractivity contribution is 6.28. The Labute approximate surface area is 218 Å². The number of methoxy groups -OCH3 is 1. The van der Waals surface area contributed by atoms with Crippen LogP contribution in [-0.2, 0) is 23.8 Å². The summed E-state index contributed by atoms with van der Waals surface area (Å²) in [4.78, 5) is 31.1. The molecule has 0 aliphatic carbocycles. The van der Waals surface area contributed by atoms with E-state index in [4.69, 9.17) is 33.2 Å². The molecule has 2 N–H and O–H groups in total. The zero-order valence-electron chi connectivity index (χ0n) is 21.8. The minimum Gasteiger partial charge on any atom is -0.469 e. The molecule has 3 heterocycles. The van der Waals surface area contributed by atoms with E-state index in [1.54, 1.807) is 0 Å². The van der Waals surface area contributed by atoms with Crippen LogP contribution in [0.4, 0.5) is 5.82 Å². The number of carbonyl (C=O) groups excluding carboxylic acids is 2. The average Bonchev–Trinajstić information content (AvgIpc) is 3.49. The summed E-state index contributed by atoms with van der Waals surface area (Å²) in [7, 11) is 1.43. The molecule has 0 radical (unpaired) electrons. The van der Waals surface area contributed by atoms with Crippen LogP contribution in [0.5, 0.6) is 0 Å². The number of halogens is 1. The number of ether oxygens (including phenoxy) is 3. The number of hydrogen-bond donors (Lipinski definition) is 1. The van der Waals surface area contributed by atoms with E-state index in [1.165, 1.54) is 7.11 Å². The number of aromatic nitrogens is 3. The lowest BCUT2D eigenvalue weighted by Crippen LogP contribution is -2.35. The van der Waals surface area contributed by atoms with Crippen molar-refractivity contribution in [3.8, 4) is 12.3 Å². The normalized spacial score (nSPS) is 19.1. The molecule has 0 amide bonds. The van der Waals surface area contributed by atoms with Crippen molar-refractivity contribution >= 4 is 40.4 Å². The van der Waals surface area contributed by atoms with Crippen molar-refractivity contribution in [1.29, 1.82) is 0 Å². The first-order valence-electron chi connectivity index (χ1n) is 12.4. The Bertz CT molecular complexity index is 1070. The lowest BCUT2D eigenvalue weighted by molar-refractivity contribution is -0.157. The van der Waals surface area contributed by atoms with Crippen LogP contribution in [0.3, 0.4) is 0 Å². The highest BCUT2D eigenvalue weighted by Crippen LogP contribution is 2.38.